The Morgan fingerprint density at radius 2 is 2.00 bits per heavy atom. The van der Waals surface area contributed by atoms with Gasteiger partial charge < -0.3 is 15.4 Å². The number of piperidine rings is 1. The molecule has 0 saturated carbocycles. The molecule has 0 aliphatic carbocycles. The normalized spacial score (nSPS) is 15.4. The zero-order valence-electron chi connectivity index (χ0n) is 14.7. The Kier molecular flexibility index (Phi) is 6.60. The van der Waals surface area contributed by atoms with E-state index in [0.717, 1.165) is 38.2 Å². The summed E-state index contributed by atoms with van der Waals surface area (Å²) in [4.78, 5) is 15.4. The molecule has 0 radical (unpaired) electrons. The summed E-state index contributed by atoms with van der Waals surface area (Å²) in [6.45, 7) is 3.19. The minimum atomic E-state index is -0.341. The lowest BCUT2D eigenvalue weighted by Crippen LogP contribution is -2.45. The van der Waals surface area contributed by atoms with Crippen LogP contribution in [0.1, 0.15) is 28.1 Å². The van der Waals surface area contributed by atoms with E-state index >= 15 is 0 Å². The molecule has 1 aliphatic rings. The van der Waals surface area contributed by atoms with Crippen molar-refractivity contribution < 1.29 is 9.53 Å². The number of benzene rings is 1. The monoisotopic (exact) mass is 389 g/mol. The van der Waals surface area contributed by atoms with Gasteiger partial charge >= 0.3 is 5.97 Å². The maximum atomic E-state index is 11.5. The molecule has 0 atom stereocenters. The predicted molar refractivity (Wildman–Crippen MR) is 110 cm³/mol. The lowest BCUT2D eigenvalue weighted by Gasteiger charge is -2.32. The van der Waals surface area contributed by atoms with Crippen molar-refractivity contribution in [2.75, 3.05) is 25.5 Å². The molecule has 7 heteroatoms. The number of nitrogens with zero attached hydrogens (tertiary/aromatic N) is 1. The Bertz CT molecular complexity index is 724. The van der Waals surface area contributed by atoms with E-state index in [4.69, 9.17) is 17.0 Å². The van der Waals surface area contributed by atoms with E-state index in [1.54, 1.807) is 12.1 Å². The molecule has 26 heavy (non-hydrogen) atoms. The molecule has 1 aliphatic heterocycles. The minimum absolute atomic E-state index is 0.341. The van der Waals surface area contributed by atoms with Gasteiger partial charge in [0, 0.05) is 36.2 Å². The second-order valence-corrected chi connectivity index (χ2v) is 7.74. The van der Waals surface area contributed by atoms with Gasteiger partial charge in [-0.25, -0.2) is 4.79 Å². The van der Waals surface area contributed by atoms with Crippen molar-refractivity contribution >= 4 is 40.3 Å². The first kappa shape index (κ1) is 18.8. The van der Waals surface area contributed by atoms with E-state index in [-0.39, 0.29) is 5.97 Å². The second kappa shape index (κ2) is 9.12. The van der Waals surface area contributed by atoms with Gasteiger partial charge in [0.2, 0.25) is 0 Å². The van der Waals surface area contributed by atoms with Crippen LogP contribution in [0.4, 0.5) is 5.69 Å². The minimum Gasteiger partial charge on any atom is -0.465 e. The lowest BCUT2D eigenvalue weighted by atomic mass is 10.1. The average Bonchev–Trinajstić information content (AvgIpc) is 3.16. The van der Waals surface area contributed by atoms with Gasteiger partial charge in [0.1, 0.15) is 0 Å². The molecular formula is C19H23N3O2S2. The number of anilines is 1. The molecule has 1 fully saturated rings. The van der Waals surface area contributed by atoms with Crippen LogP contribution in [-0.2, 0) is 11.3 Å². The van der Waals surface area contributed by atoms with Crippen LogP contribution < -0.4 is 10.6 Å². The Balaban J connectivity index is 1.42. The Labute approximate surface area is 163 Å². The third kappa shape index (κ3) is 5.27. The fourth-order valence-electron chi connectivity index (χ4n) is 3.02. The third-order valence-corrected chi connectivity index (χ3v) is 5.53. The van der Waals surface area contributed by atoms with Gasteiger partial charge in [-0.05, 0) is 60.8 Å². The molecular weight excluding hydrogens is 366 g/mol. The van der Waals surface area contributed by atoms with E-state index in [0.29, 0.717) is 16.7 Å². The van der Waals surface area contributed by atoms with Crippen LogP contribution >= 0.6 is 23.6 Å². The van der Waals surface area contributed by atoms with E-state index in [1.165, 1.54) is 12.0 Å². The first-order valence-electron chi connectivity index (χ1n) is 8.64. The number of thiophene rings is 1. The summed E-state index contributed by atoms with van der Waals surface area (Å²) in [5.41, 5.74) is 1.38. The highest BCUT2D eigenvalue weighted by Crippen LogP contribution is 2.17. The standard InChI is InChI=1S/C19H23N3O2S2/c1-24-18(23)14-4-6-15(7-5-14)20-19(25)21-16-8-10-22(11-9-16)13-17-3-2-12-26-17/h2-7,12,16H,8-11,13H2,1H3,(H2,20,21,25). The molecule has 138 valence electrons. The second-order valence-electron chi connectivity index (χ2n) is 6.30. The number of thiocarbonyl (C=S) groups is 1. The van der Waals surface area contributed by atoms with Crippen LogP contribution in [0.5, 0.6) is 0 Å². The number of hydrogen-bond donors (Lipinski definition) is 2. The van der Waals surface area contributed by atoms with E-state index < -0.39 is 0 Å². The number of rotatable bonds is 5. The molecule has 5 nitrogen and oxygen atoms in total. The SMILES string of the molecule is COC(=O)c1ccc(NC(=S)NC2CCN(Cc3cccs3)CC2)cc1. The van der Waals surface area contributed by atoms with Crippen LogP contribution in [0.15, 0.2) is 41.8 Å². The van der Waals surface area contributed by atoms with E-state index in [9.17, 15) is 4.79 Å². The van der Waals surface area contributed by atoms with Crippen molar-refractivity contribution in [3.05, 3.63) is 52.2 Å². The topological polar surface area (TPSA) is 53.6 Å². The van der Waals surface area contributed by atoms with Gasteiger partial charge in [-0.1, -0.05) is 6.07 Å². The van der Waals surface area contributed by atoms with Gasteiger partial charge in [0.05, 0.1) is 12.7 Å². The molecule has 2 aromatic rings. The Morgan fingerprint density at radius 3 is 2.62 bits per heavy atom. The number of methoxy groups -OCH3 is 1. The molecule has 2 N–H and O–H groups in total. The van der Waals surface area contributed by atoms with Crippen LogP contribution in [0.2, 0.25) is 0 Å². The highest BCUT2D eigenvalue weighted by Gasteiger charge is 2.20. The molecule has 1 aromatic heterocycles. The number of esters is 1. The van der Waals surface area contributed by atoms with Crippen molar-refractivity contribution in [3.63, 3.8) is 0 Å². The first-order valence-corrected chi connectivity index (χ1v) is 9.93. The number of carbonyl (C=O) groups is 1. The summed E-state index contributed by atoms with van der Waals surface area (Å²) in [6.07, 6.45) is 2.16. The third-order valence-electron chi connectivity index (χ3n) is 4.45. The predicted octanol–water partition coefficient (Wildman–Crippen LogP) is 3.49. The fraction of sp³-hybridized carbons (Fsp3) is 0.368. The molecule has 0 amide bonds. The number of carbonyl (C=O) groups excluding carboxylic acids is 1. The quantitative estimate of drug-likeness (QED) is 0.603. The molecule has 1 saturated heterocycles. The van der Waals surface area contributed by atoms with Gasteiger partial charge in [-0.15, -0.1) is 11.3 Å². The van der Waals surface area contributed by atoms with Gasteiger partial charge in [0.15, 0.2) is 5.11 Å². The molecule has 0 spiro atoms. The smallest absolute Gasteiger partial charge is 0.337 e. The first-order chi connectivity index (χ1) is 12.6. The van der Waals surface area contributed by atoms with Crippen molar-refractivity contribution in [2.24, 2.45) is 0 Å². The summed E-state index contributed by atoms with van der Waals surface area (Å²) in [6, 6.07) is 11.8. The molecule has 0 bridgehead atoms. The lowest BCUT2D eigenvalue weighted by molar-refractivity contribution is 0.0601. The number of likely N-dealkylation sites (tertiary alicyclic amines) is 1. The highest BCUT2D eigenvalue weighted by atomic mass is 32.1. The molecule has 0 unspecified atom stereocenters. The van der Waals surface area contributed by atoms with Crippen molar-refractivity contribution in [3.8, 4) is 0 Å². The van der Waals surface area contributed by atoms with Crippen LogP contribution in [0.3, 0.4) is 0 Å². The molecule has 3 rings (SSSR count). The van der Waals surface area contributed by atoms with Crippen LogP contribution in [0, 0.1) is 0 Å². The fourth-order valence-corrected chi connectivity index (χ4v) is 4.05. The summed E-state index contributed by atoms with van der Waals surface area (Å²) in [5.74, 6) is -0.341. The Hall–Kier alpha value is -1.96. The molecule has 2 heterocycles. The van der Waals surface area contributed by atoms with Crippen molar-refractivity contribution in [1.82, 2.24) is 10.2 Å². The van der Waals surface area contributed by atoms with E-state index in [2.05, 4.69) is 33.0 Å². The summed E-state index contributed by atoms with van der Waals surface area (Å²) in [5, 5.41) is 9.33. The summed E-state index contributed by atoms with van der Waals surface area (Å²) >= 11 is 7.24. The largest absolute Gasteiger partial charge is 0.465 e. The van der Waals surface area contributed by atoms with Gasteiger partial charge in [-0.2, -0.15) is 0 Å². The van der Waals surface area contributed by atoms with E-state index in [1.807, 2.05) is 23.5 Å². The van der Waals surface area contributed by atoms with Gasteiger partial charge in [-0.3, -0.25) is 4.90 Å². The van der Waals surface area contributed by atoms with Crippen LogP contribution in [0.25, 0.3) is 0 Å². The zero-order valence-corrected chi connectivity index (χ0v) is 16.4. The number of hydrogen-bond acceptors (Lipinski definition) is 5. The van der Waals surface area contributed by atoms with Crippen molar-refractivity contribution in [2.45, 2.75) is 25.4 Å². The number of ether oxygens (including phenoxy) is 1. The molecule has 1 aromatic carbocycles. The zero-order chi connectivity index (χ0) is 18.4. The van der Waals surface area contributed by atoms with Crippen molar-refractivity contribution in [1.29, 1.82) is 0 Å². The summed E-state index contributed by atoms with van der Waals surface area (Å²) < 4.78 is 4.70. The van der Waals surface area contributed by atoms with Crippen LogP contribution in [-0.4, -0.2) is 42.2 Å². The Morgan fingerprint density at radius 1 is 1.27 bits per heavy atom. The average molecular weight is 390 g/mol. The van der Waals surface area contributed by atoms with Gasteiger partial charge in [0.25, 0.3) is 0 Å². The maximum absolute atomic E-state index is 11.5. The number of nitrogens with one attached hydrogen (secondary N) is 2. The summed E-state index contributed by atoms with van der Waals surface area (Å²) in [7, 11) is 1.37. The maximum Gasteiger partial charge on any atom is 0.337 e. The highest BCUT2D eigenvalue weighted by molar-refractivity contribution is 7.80.